The van der Waals surface area contributed by atoms with Gasteiger partial charge in [0, 0.05) is 7.11 Å². The summed E-state index contributed by atoms with van der Waals surface area (Å²) in [5.74, 6) is 0.111. The predicted molar refractivity (Wildman–Crippen MR) is 54.4 cm³/mol. The summed E-state index contributed by atoms with van der Waals surface area (Å²) in [5, 5.41) is 1.91. The Labute approximate surface area is 82.5 Å². The lowest BCUT2D eigenvalue weighted by molar-refractivity contribution is 0.0583. The van der Waals surface area contributed by atoms with Gasteiger partial charge in [-0.2, -0.15) is 0 Å². The number of rotatable bonds is 5. The van der Waals surface area contributed by atoms with E-state index in [2.05, 4.69) is 0 Å². The van der Waals surface area contributed by atoms with Crippen LogP contribution >= 0.6 is 11.3 Å². The third kappa shape index (κ3) is 2.64. The highest BCUT2D eigenvalue weighted by Gasteiger charge is 2.18. The smallest absolute Gasteiger partial charge is 0.201 e. The third-order valence-corrected chi connectivity index (χ3v) is 2.78. The molecule has 0 saturated heterocycles. The molecule has 0 fully saturated rings. The summed E-state index contributed by atoms with van der Waals surface area (Å²) < 4.78 is 5.13. The molecule has 1 rings (SSSR count). The Morgan fingerprint density at radius 3 is 2.92 bits per heavy atom. The van der Waals surface area contributed by atoms with Crippen molar-refractivity contribution in [2.45, 2.75) is 25.9 Å². The number of ketones is 1. The highest BCUT2D eigenvalue weighted by molar-refractivity contribution is 7.12. The molecule has 0 spiro atoms. The number of carbonyl (C=O) groups excluding carboxylic acids is 1. The van der Waals surface area contributed by atoms with Crippen LogP contribution in [0, 0.1) is 0 Å². The zero-order valence-corrected chi connectivity index (χ0v) is 8.76. The van der Waals surface area contributed by atoms with Crippen molar-refractivity contribution in [3.63, 3.8) is 0 Å². The quantitative estimate of drug-likeness (QED) is 0.680. The normalized spacial score (nSPS) is 12.8. The van der Waals surface area contributed by atoms with Crippen LogP contribution in [0.3, 0.4) is 0 Å². The number of Topliss-reactive ketones (excluding diaryl/α,β-unsaturated/α-hetero) is 1. The second-order valence-corrected chi connectivity index (χ2v) is 3.80. The Balaban J connectivity index is 2.65. The zero-order valence-electron chi connectivity index (χ0n) is 7.95. The summed E-state index contributed by atoms with van der Waals surface area (Å²) in [4.78, 5) is 12.5. The van der Waals surface area contributed by atoms with Gasteiger partial charge in [-0.1, -0.05) is 19.4 Å². The van der Waals surface area contributed by atoms with Crippen LogP contribution < -0.4 is 0 Å². The first-order chi connectivity index (χ1) is 6.29. The van der Waals surface area contributed by atoms with Crippen LogP contribution in [-0.4, -0.2) is 19.0 Å². The lowest BCUT2D eigenvalue weighted by atomic mass is 10.1. The molecule has 2 nitrogen and oxygen atoms in total. The van der Waals surface area contributed by atoms with Gasteiger partial charge in [-0.25, -0.2) is 0 Å². The molecule has 0 bridgehead atoms. The summed E-state index contributed by atoms with van der Waals surface area (Å²) >= 11 is 1.47. The molecule has 0 aliphatic carbocycles. The first-order valence-electron chi connectivity index (χ1n) is 4.40. The predicted octanol–water partition coefficient (Wildman–Crippen LogP) is 2.75. The van der Waals surface area contributed by atoms with Gasteiger partial charge in [0.25, 0.3) is 0 Å². The maximum atomic E-state index is 11.7. The van der Waals surface area contributed by atoms with Gasteiger partial charge in [0.15, 0.2) is 0 Å². The van der Waals surface area contributed by atoms with Crippen molar-refractivity contribution in [1.29, 1.82) is 0 Å². The summed E-state index contributed by atoms with van der Waals surface area (Å²) in [5.41, 5.74) is 0. The second-order valence-electron chi connectivity index (χ2n) is 2.85. The van der Waals surface area contributed by atoms with Crippen LogP contribution in [0.5, 0.6) is 0 Å². The highest BCUT2D eigenvalue weighted by atomic mass is 32.1. The lowest BCUT2D eigenvalue weighted by Gasteiger charge is -2.11. The molecule has 13 heavy (non-hydrogen) atoms. The molecule has 1 aromatic heterocycles. The number of ether oxygens (including phenoxy) is 1. The Kier molecular flexibility index (Phi) is 4.12. The van der Waals surface area contributed by atoms with E-state index in [0.29, 0.717) is 0 Å². The van der Waals surface area contributed by atoms with Crippen LogP contribution in [-0.2, 0) is 4.74 Å². The van der Waals surface area contributed by atoms with Gasteiger partial charge in [-0.3, -0.25) is 4.79 Å². The first-order valence-corrected chi connectivity index (χ1v) is 5.28. The number of carbonyl (C=O) groups is 1. The Hall–Kier alpha value is -0.670. The van der Waals surface area contributed by atoms with Crippen LogP contribution in [0.25, 0.3) is 0 Å². The van der Waals surface area contributed by atoms with Crippen LogP contribution in [0.2, 0.25) is 0 Å². The molecule has 0 radical (unpaired) electrons. The Morgan fingerprint density at radius 1 is 1.69 bits per heavy atom. The van der Waals surface area contributed by atoms with E-state index in [9.17, 15) is 4.79 Å². The van der Waals surface area contributed by atoms with Gasteiger partial charge in [-0.05, 0) is 17.9 Å². The second kappa shape index (κ2) is 5.14. The molecular weight excluding hydrogens is 184 g/mol. The number of thiophene rings is 1. The van der Waals surface area contributed by atoms with E-state index in [1.54, 1.807) is 7.11 Å². The molecule has 0 saturated carbocycles. The van der Waals surface area contributed by atoms with Crippen molar-refractivity contribution in [3.05, 3.63) is 22.4 Å². The van der Waals surface area contributed by atoms with E-state index < -0.39 is 0 Å². The van der Waals surface area contributed by atoms with Gasteiger partial charge in [0.05, 0.1) is 4.88 Å². The summed E-state index contributed by atoms with van der Waals surface area (Å²) in [7, 11) is 1.59. The van der Waals surface area contributed by atoms with E-state index in [1.807, 2.05) is 24.4 Å². The van der Waals surface area contributed by atoms with E-state index >= 15 is 0 Å². The van der Waals surface area contributed by atoms with Crippen molar-refractivity contribution >= 4 is 17.1 Å². The van der Waals surface area contributed by atoms with E-state index in [4.69, 9.17) is 4.74 Å². The maximum absolute atomic E-state index is 11.7. The maximum Gasteiger partial charge on any atom is 0.201 e. The minimum atomic E-state index is -0.261. The molecule has 0 amide bonds. The standard InChI is InChI=1S/C10H14O2S/c1-3-5-8(12-2)10(11)9-6-4-7-13-9/h4,6-8H,3,5H2,1-2H3. The molecule has 0 N–H and O–H groups in total. The largest absolute Gasteiger partial charge is 0.373 e. The Morgan fingerprint density at radius 2 is 2.46 bits per heavy atom. The lowest BCUT2D eigenvalue weighted by Crippen LogP contribution is -2.21. The monoisotopic (exact) mass is 198 g/mol. The number of methoxy groups -OCH3 is 1. The fourth-order valence-corrected chi connectivity index (χ4v) is 1.90. The third-order valence-electron chi connectivity index (χ3n) is 1.89. The van der Waals surface area contributed by atoms with Gasteiger partial charge in [0.2, 0.25) is 5.78 Å². The molecule has 3 heteroatoms. The molecule has 1 aromatic rings. The van der Waals surface area contributed by atoms with Crippen molar-refractivity contribution < 1.29 is 9.53 Å². The molecule has 1 unspecified atom stereocenters. The van der Waals surface area contributed by atoms with Crippen molar-refractivity contribution in [2.75, 3.05) is 7.11 Å². The van der Waals surface area contributed by atoms with Crippen molar-refractivity contribution in [2.24, 2.45) is 0 Å². The molecule has 0 aliphatic heterocycles. The average Bonchev–Trinajstić information content (AvgIpc) is 2.65. The molecule has 72 valence electrons. The van der Waals surface area contributed by atoms with Gasteiger partial charge in [0.1, 0.15) is 6.10 Å². The van der Waals surface area contributed by atoms with Crippen LogP contribution in [0.4, 0.5) is 0 Å². The molecule has 0 aliphatic rings. The minimum absolute atomic E-state index is 0.111. The van der Waals surface area contributed by atoms with Gasteiger partial charge < -0.3 is 4.74 Å². The highest BCUT2D eigenvalue weighted by Crippen LogP contribution is 2.15. The van der Waals surface area contributed by atoms with Crippen molar-refractivity contribution in [1.82, 2.24) is 0 Å². The first kappa shape index (κ1) is 10.4. The fourth-order valence-electron chi connectivity index (χ4n) is 1.20. The van der Waals surface area contributed by atoms with Crippen molar-refractivity contribution in [3.8, 4) is 0 Å². The molecule has 1 atom stereocenters. The molecular formula is C10H14O2S. The molecule has 0 aromatic carbocycles. The number of hydrogen-bond donors (Lipinski definition) is 0. The van der Waals surface area contributed by atoms with E-state index in [0.717, 1.165) is 17.7 Å². The van der Waals surface area contributed by atoms with Crippen LogP contribution in [0.1, 0.15) is 29.4 Å². The summed E-state index contributed by atoms with van der Waals surface area (Å²) in [6.07, 6.45) is 1.51. The van der Waals surface area contributed by atoms with Gasteiger partial charge >= 0.3 is 0 Å². The molecule has 1 heterocycles. The van der Waals surface area contributed by atoms with Crippen LogP contribution in [0.15, 0.2) is 17.5 Å². The zero-order chi connectivity index (χ0) is 9.68. The summed E-state index contributed by atoms with van der Waals surface area (Å²) in [6.45, 7) is 2.05. The minimum Gasteiger partial charge on any atom is -0.373 e. The van der Waals surface area contributed by atoms with E-state index in [1.165, 1.54) is 11.3 Å². The van der Waals surface area contributed by atoms with E-state index in [-0.39, 0.29) is 11.9 Å². The SMILES string of the molecule is CCCC(OC)C(=O)c1cccs1. The topological polar surface area (TPSA) is 26.3 Å². The summed E-state index contributed by atoms with van der Waals surface area (Å²) in [6, 6.07) is 3.73. The number of hydrogen-bond acceptors (Lipinski definition) is 3. The Bertz CT molecular complexity index is 254. The average molecular weight is 198 g/mol. The fraction of sp³-hybridized carbons (Fsp3) is 0.500. The van der Waals surface area contributed by atoms with Gasteiger partial charge in [-0.15, -0.1) is 11.3 Å².